The molecule has 1 aliphatic heterocycles. The summed E-state index contributed by atoms with van der Waals surface area (Å²) in [5, 5.41) is 0. The van der Waals surface area contributed by atoms with E-state index in [0.29, 0.717) is 12.2 Å². The standard InChI is InChI=1S/C9H9BrO/c1-6-9(11-6)7-2-4-8(10)5-3-7/h2-6,9H,1H3. The van der Waals surface area contributed by atoms with Crippen LogP contribution in [0.2, 0.25) is 0 Å². The molecule has 0 aliphatic carbocycles. The molecule has 1 saturated heterocycles. The molecule has 2 heteroatoms. The van der Waals surface area contributed by atoms with Crippen LogP contribution in [0.15, 0.2) is 28.7 Å². The number of halogens is 1. The monoisotopic (exact) mass is 212 g/mol. The Kier molecular flexibility index (Phi) is 1.74. The summed E-state index contributed by atoms with van der Waals surface area (Å²) in [6, 6.07) is 8.28. The Morgan fingerprint density at radius 2 is 1.82 bits per heavy atom. The van der Waals surface area contributed by atoms with Gasteiger partial charge in [0.2, 0.25) is 0 Å². The van der Waals surface area contributed by atoms with Crippen molar-refractivity contribution in [3.05, 3.63) is 34.3 Å². The molecule has 11 heavy (non-hydrogen) atoms. The first kappa shape index (κ1) is 7.32. The molecule has 0 spiro atoms. The molecule has 2 atom stereocenters. The number of hydrogen-bond donors (Lipinski definition) is 0. The van der Waals surface area contributed by atoms with Gasteiger partial charge in [-0.1, -0.05) is 28.1 Å². The summed E-state index contributed by atoms with van der Waals surface area (Å²) in [5.41, 5.74) is 1.28. The zero-order valence-corrected chi connectivity index (χ0v) is 7.84. The second kappa shape index (κ2) is 2.61. The normalized spacial score (nSPS) is 28.5. The maximum Gasteiger partial charge on any atom is 0.109 e. The largest absolute Gasteiger partial charge is 0.365 e. The van der Waals surface area contributed by atoms with Crippen LogP contribution in [0.4, 0.5) is 0 Å². The van der Waals surface area contributed by atoms with Crippen molar-refractivity contribution in [1.82, 2.24) is 0 Å². The molecule has 0 bridgehead atoms. The Morgan fingerprint density at radius 3 is 2.27 bits per heavy atom. The van der Waals surface area contributed by atoms with E-state index in [2.05, 4.69) is 35.0 Å². The van der Waals surface area contributed by atoms with Crippen LogP contribution >= 0.6 is 15.9 Å². The van der Waals surface area contributed by atoms with Gasteiger partial charge in [0.1, 0.15) is 6.10 Å². The Hall–Kier alpha value is -0.340. The van der Waals surface area contributed by atoms with E-state index in [4.69, 9.17) is 4.74 Å². The van der Waals surface area contributed by atoms with Crippen LogP contribution < -0.4 is 0 Å². The molecule has 0 amide bonds. The minimum absolute atomic E-state index is 0.350. The number of benzene rings is 1. The Morgan fingerprint density at radius 1 is 1.27 bits per heavy atom. The highest BCUT2D eigenvalue weighted by atomic mass is 79.9. The van der Waals surface area contributed by atoms with Crippen molar-refractivity contribution in [2.45, 2.75) is 19.1 Å². The van der Waals surface area contributed by atoms with Gasteiger partial charge in [0, 0.05) is 4.47 Å². The van der Waals surface area contributed by atoms with Gasteiger partial charge in [0.25, 0.3) is 0 Å². The van der Waals surface area contributed by atoms with E-state index < -0.39 is 0 Å². The van der Waals surface area contributed by atoms with Crippen LogP contribution in [0, 0.1) is 0 Å². The average Bonchev–Trinajstić information content (AvgIpc) is 2.69. The molecule has 0 saturated carbocycles. The number of epoxide rings is 1. The zero-order valence-electron chi connectivity index (χ0n) is 6.25. The highest BCUT2D eigenvalue weighted by molar-refractivity contribution is 9.10. The Labute approximate surface area is 74.5 Å². The summed E-state index contributed by atoms with van der Waals surface area (Å²) in [4.78, 5) is 0. The lowest BCUT2D eigenvalue weighted by atomic mass is 10.1. The summed E-state index contributed by atoms with van der Waals surface area (Å²) >= 11 is 3.39. The molecule has 0 N–H and O–H groups in total. The van der Waals surface area contributed by atoms with Gasteiger partial charge in [-0.2, -0.15) is 0 Å². The van der Waals surface area contributed by atoms with Crippen LogP contribution in [0.25, 0.3) is 0 Å². The molecule has 1 aliphatic rings. The highest BCUT2D eigenvalue weighted by Crippen LogP contribution is 2.38. The van der Waals surface area contributed by atoms with Crippen LogP contribution in [0.5, 0.6) is 0 Å². The maximum absolute atomic E-state index is 5.33. The summed E-state index contributed by atoms with van der Waals surface area (Å²) in [7, 11) is 0. The summed E-state index contributed by atoms with van der Waals surface area (Å²) < 4.78 is 6.45. The van der Waals surface area contributed by atoms with E-state index in [1.165, 1.54) is 5.56 Å². The second-order valence-electron chi connectivity index (χ2n) is 2.81. The van der Waals surface area contributed by atoms with Gasteiger partial charge in [0.05, 0.1) is 6.10 Å². The molecule has 1 aromatic rings. The molecular weight excluding hydrogens is 204 g/mol. The molecule has 2 unspecified atom stereocenters. The second-order valence-corrected chi connectivity index (χ2v) is 3.73. The van der Waals surface area contributed by atoms with Gasteiger partial charge >= 0.3 is 0 Å². The summed E-state index contributed by atoms with van der Waals surface area (Å²) in [6.45, 7) is 2.09. The molecule has 1 heterocycles. The van der Waals surface area contributed by atoms with E-state index in [9.17, 15) is 0 Å². The molecule has 1 aromatic carbocycles. The Balaban J connectivity index is 2.21. The van der Waals surface area contributed by atoms with Crippen molar-refractivity contribution < 1.29 is 4.74 Å². The minimum Gasteiger partial charge on any atom is -0.365 e. The number of ether oxygens (including phenoxy) is 1. The van der Waals surface area contributed by atoms with Crippen molar-refractivity contribution in [3.63, 3.8) is 0 Å². The number of hydrogen-bond acceptors (Lipinski definition) is 1. The minimum atomic E-state index is 0.350. The molecule has 58 valence electrons. The maximum atomic E-state index is 5.33. The smallest absolute Gasteiger partial charge is 0.109 e. The van der Waals surface area contributed by atoms with Crippen LogP contribution in [-0.4, -0.2) is 6.10 Å². The highest BCUT2D eigenvalue weighted by Gasteiger charge is 2.35. The molecule has 1 nitrogen and oxygen atoms in total. The van der Waals surface area contributed by atoms with E-state index >= 15 is 0 Å². The van der Waals surface area contributed by atoms with E-state index in [0.717, 1.165) is 4.47 Å². The lowest BCUT2D eigenvalue weighted by Crippen LogP contribution is -1.81. The zero-order chi connectivity index (χ0) is 7.84. The molecular formula is C9H9BrO. The van der Waals surface area contributed by atoms with E-state index in [1.807, 2.05) is 12.1 Å². The van der Waals surface area contributed by atoms with Crippen molar-refractivity contribution in [2.24, 2.45) is 0 Å². The van der Waals surface area contributed by atoms with Crippen LogP contribution in [-0.2, 0) is 4.74 Å². The van der Waals surface area contributed by atoms with Crippen LogP contribution in [0.3, 0.4) is 0 Å². The molecule has 2 rings (SSSR count). The van der Waals surface area contributed by atoms with Crippen molar-refractivity contribution in [1.29, 1.82) is 0 Å². The topological polar surface area (TPSA) is 12.5 Å². The quantitative estimate of drug-likeness (QED) is 0.653. The van der Waals surface area contributed by atoms with Gasteiger partial charge < -0.3 is 4.74 Å². The first-order chi connectivity index (χ1) is 5.27. The third-order valence-corrected chi connectivity index (χ3v) is 2.44. The Bertz CT molecular complexity index is 255. The van der Waals surface area contributed by atoms with Crippen LogP contribution in [0.1, 0.15) is 18.6 Å². The van der Waals surface area contributed by atoms with Crippen molar-refractivity contribution in [2.75, 3.05) is 0 Å². The van der Waals surface area contributed by atoms with Gasteiger partial charge in [-0.05, 0) is 24.6 Å². The lowest BCUT2D eigenvalue weighted by Gasteiger charge is -1.94. The predicted molar refractivity (Wildman–Crippen MR) is 47.4 cm³/mol. The average molecular weight is 213 g/mol. The summed E-state index contributed by atoms with van der Waals surface area (Å²) in [6.07, 6.45) is 0.763. The first-order valence-electron chi connectivity index (χ1n) is 3.68. The fourth-order valence-electron chi connectivity index (χ4n) is 1.19. The third-order valence-electron chi connectivity index (χ3n) is 1.91. The molecule has 0 aromatic heterocycles. The van der Waals surface area contributed by atoms with Gasteiger partial charge in [0.15, 0.2) is 0 Å². The lowest BCUT2D eigenvalue weighted by molar-refractivity contribution is 0.383. The van der Waals surface area contributed by atoms with Crippen molar-refractivity contribution >= 4 is 15.9 Å². The predicted octanol–water partition coefficient (Wildman–Crippen LogP) is 2.91. The van der Waals surface area contributed by atoms with Gasteiger partial charge in [-0.3, -0.25) is 0 Å². The van der Waals surface area contributed by atoms with Gasteiger partial charge in [-0.25, -0.2) is 0 Å². The van der Waals surface area contributed by atoms with E-state index in [1.54, 1.807) is 0 Å². The third kappa shape index (κ3) is 1.47. The van der Waals surface area contributed by atoms with Crippen molar-refractivity contribution in [3.8, 4) is 0 Å². The SMILES string of the molecule is CC1OC1c1ccc(Br)cc1. The fourth-order valence-corrected chi connectivity index (χ4v) is 1.45. The summed E-state index contributed by atoms with van der Waals surface area (Å²) in [5.74, 6) is 0. The number of rotatable bonds is 1. The first-order valence-corrected chi connectivity index (χ1v) is 4.47. The molecule has 0 radical (unpaired) electrons. The fraction of sp³-hybridized carbons (Fsp3) is 0.333. The van der Waals surface area contributed by atoms with Gasteiger partial charge in [-0.15, -0.1) is 0 Å². The van der Waals surface area contributed by atoms with E-state index in [-0.39, 0.29) is 0 Å². The molecule has 1 fully saturated rings.